The second-order valence-corrected chi connectivity index (χ2v) is 11.7. The first-order valence-corrected chi connectivity index (χ1v) is 15.1. The van der Waals surface area contributed by atoms with E-state index in [1.54, 1.807) is 17.0 Å². The van der Waals surface area contributed by atoms with Crippen molar-refractivity contribution in [1.29, 1.82) is 0 Å². The fraction of sp³-hybridized carbons (Fsp3) is 0.429. The Balaban J connectivity index is 1.70. The van der Waals surface area contributed by atoms with Crippen molar-refractivity contribution in [2.24, 2.45) is 5.92 Å². The predicted octanol–water partition coefficient (Wildman–Crippen LogP) is 6.21. The fourth-order valence-electron chi connectivity index (χ4n) is 6.11. The molecule has 0 aliphatic carbocycles. The minimum absolute atomic E-state index is 0.0838. The minimum atomic E-state index is -1.46. The summed E-state index contributed by atoms with van der Waals surface area (Å²) in [4.78, 5) is 27.1. The maximum absolute atomic E-state index is 15.8. The zero-order chi connectivity index (χ0) is 31.0. The molecule has 1 aliphatic rings. The van der Waals surface area contributed by atoms with E-state index in [4.69, 9.17) is 4.74 Å². The number of methoxy groups -OCH3 is 1. The third-order valence-electron chi connectivity index (χ3n) is 8.48. The summed E-state index contributed by atoms with van der Waals surface area (Å²) in [5.74, 6) is -0.584. The number of carbonyl (C=O) groups is 2. The Labute approximate surface area is 254 Å². The Kier molecular flexibility index (Phi) is 10.9. The van der Waals surface area contributed by atoms with Crippen LogP contribution in [0.4, 0.5) is 9.18 Å². The highest BCUT2D eigenvalue weighted by molar-refractivity contribution is 5.94. The molecule has 0 aromatic heterocycles. The summed E-state index contributed by atoms with van der Waals surface area (Å²) in [5.41, 5.74) is 2.88. The van der Waals surface area contributed by atoms with Gasteiger partial charge in [-0.1, -0.05) is 62.4 Å². The van der Waals surface area contributed by atoms with Crippen LogP contribution in [-0.2, 0) is 16.9 Å². The van der Waals surface area contributed by atoms with Crippen LogP contribution in [0, 0.1) is 11.7 Å². The van der Waals surface area contributed by atoms with E-state index in [1.165, 1.54) is 13.2 Å². The van der Waals surface area contributed by atoms with Gasteiger partial charge in [0.2, 0.25) is 0 Å². The summed E-state index contributed by atoms with van der Waals surface area (Å²) in [6.45, 7) is 6.10. The van der Waals surface area contributed by atoms with Crippen molar-refractivity contribution in [2.75, 3.05) is 33.8 Å². The molecule has 1 heterocycles. The number of alkyl carbamates (subject to hydrolysis) is 1. The van der Waals surface area contributed by atoms with E-state index in [1.807, 2.05) is 55.6 Å². The number of amides is 2. The number of piperidine rings is 1. The lowest BCUT2D eigenvalue weighted by molar-refractivity contribution is -0.0564. The number of nitrogens with zero attached hydrogens (tertiary/aromatic N) is 1. The summed E-state index contributed by atoms with van der Waals surface area (Å²) in [7, 11) is 3.18. The maximum Gasteiger partial charge on any atom is 0.406 e. The Morgan fingerprint density at radius 2 is 1.86 bits per heavy atom. The molecule has 3 N–H and O–H groups in total. The summed E-state index contributed by atoms with van der Waals surface area (Å²) >= 11 is 0. The number of nitrogens with one attached hydrogen (secondary N) is 2. The molecular weight excluding hydrogens is 545 g/mol. The molecule has 0 saturated carbocycles. The third kappa shape index (κ3) is 7.61. The summed E-state index contributed by atoms with van der Waals surface area (Å²) < 4.78 is 20.5. The lowest BCUT2D eigenvalue weighted by Crippen LogP contribution is -2.48. The number of ether oxygens (including phenoxy) is 1. The maximum atomic E-state index is 15.8. The Morgan fingerprint density at radius 3 is 2.56 bits per heavy atom. The van der Waals surface area contributed by atoms with E-state index in [2.05, 4.69) is 24.5 Å². The van der Waals surface area contributed by atoms with Gasteiger partial charge in [0.1, 0.15) is 5.82 Å². The first-order valence-electron chi connectivity index (χ1n) is 15.1. The second-order valence-electron chi connectivity index (χ2n) is 11.7. The van der Waals surface area contributed by atoms with Crippen molar-refractivity contribution in [3.63, 3.8) is 0 Å². The summed E-state index contributed by atoms with van der Waals surface area (Å²) in [6, 6.07) is 20.2. The smallest absolute Gasteiger partial charge is 0.406 e. The van der Waals surface area contributed by atoms with Gasteiger partial charge in [0, 0.05) is 43.2 Å². The molecule has 0 bridgehead atoms. The van der Waals surface area contributed by atoms with E-state index in [-0.39, 0.29) is 30.7 Å². The van der Waals surface area contributed by atoms with E-state index in [0.717, 1.165) is 11.1 Å². The highest BCUT2D eigenvalue weighted by Crippen LogP contribution is 2.44. The van der Waals surface area contributed by atoms with Crippen molar-refractivity contribution in [1.82, 2.24) is 15.5 Å². The largest absolute Gasteiger partial charge is 0.453 e. The molecule has 1 saturated heterocycles. The number of hydrogen-bond donors (Lipinski definition) is 3. The molecule has 2 atom stereocenters. The monoisotopic (exact) mass is 589 g/mol. The van der Waals surface area contributed by atoms with Crippen LogP contribution in [0.2, 0.25) is 0 Å². The van der Waals surface area contributed by atoms with Crippen molar-refractivity contribution in [2.45, 2.75) is 57.6 Å². The number of likely N-dealkylation sites (tertiary alicyclic amines) is 1. The third-order valence-corrected chi connectivity index (χ3v) is 8.48. The molecule has 4 rings (SSSR count). The number of rotatable bonds is 11. The standard InChI is InChI=1S/C35H44FN3O4/c1-24(2)27-9-5-10-28(21-27)32-30(12-6-13-31(32)36)35(42,18-8-19-38-34(41)43-4)29-11-7-20-39(23-29)33(40)26-16-14-25(15-17-26)22-37-3/h5-6,9-10,12-17,21,24,29,37,42H,7-8,11,18-20,22-23H2,1-4H3,(H,38,41). The number of benzene rings is 3. The molecule has 43 heavy (non-hydrogen) atoms. The van der Waals surface area contributed by atoms with E-state index >= 15 is 4.39 Å². The van der Waals surface area contributed by atoms with Crippen molar-refractivity contribution >= 4 is 12.0 Å². The van der Waals surface area contributed by atoms with Crippen LogP contribution in [0.25, 0.3) is 11.1 Å². The van der Waals surface area contributed by atoms with Gasteiger partial charge in [-0.05, 0) is 79.1 Å². The SMILES string of the molecule is CNCc1ccc(C(=O)N2CCCC(C(O)(CCCNC(=O)OC)c3cccc(F)c3-c3cccc(C(C)C)c3)C2)cc1. The molecule has 0 spiro atoms. The van der Waals surface area contributed by atoms with Crippen molar-refractivity contribution in [3.8, 4) is 11.1 Å². The summed E-state index contributed by atoms with van der Waals surface area (Å²) in [6.07, 6.45) is 1.54. The zero-order valence-electron chi connectivity index (χ0n) is 25.7. The highest BCUT2D eigenvalue weighted by atomic mass is 19.1. The van der Waals surface area contributed by atoms with Crippen LogP contribution < -0.4 is 10.6 Å². The van der Waals surface area contributed by atoms with Gasteiger partial charge in [-0.2, -0.15) is 0 Å². The van der Waals surface area contributed by atoms with Gasteiger partial charge in [-0.25, -0.2) is 9.18 Å². The molecule has 2 amide bonds. The predicted molar refractivity (Wildman–Crippen MR) is 167 cm³/mol. The molecule has 1 aliphatic heterocycles. The molecule has 7 nitrogen and oxygen atoms in total. The number of aliphatic hydroxyl groups is 1. The summed E-state index contributed by atoms with van der Waals surface area (Å²) in [5, 5.41) is 18.5. The van der Waals surface area contributed by atoms with Crippen LogP contribution in [0.1, 0.15) is 72.5 Å². The normalized spacial score (nSPS) is 16.5. The first-order chi connectivity index (χ1) is 20.7. The van der Waals surface area contributed by atoms with Crippen LogP contribution in [-0.4, -0.2) is 55.8 Å². The molecular formula is C35H44FN3O4. The average Bonchev–Trinajstić information content (AvgIpc) is 3.03. The quantitative estimate of drug-likeness (QED) is 0.231. The van der Waals surface area contributed by atoms with E-state index < -0.39 is 17.5 Å². The first kappa shape index (κ1) is 32.2. The molecule has 2 unspecified atom stereocenters. The van der Waals surface area contributed by atoms with Gasteiger partial charge in [0.05, 0.1) is 12.7 Å². The van der Waals surface area contributed by atoms with Crippen molar-refractivity contribution in [3.05, 3.63) is 94.8 Å². The molecule has 8 heteroatoms. The Bertz CT molecular complexity index is 1390. The van der Waals surface area contributed by atoms with Gasteiger partial charge in [0.15, 0.2) is 0 Å². The average molecular weight is 590 g/mol. The van der Waals surface area contributed by atoms with Crippen LogP contribution >= 0.6 is 0 Å². The molecule has 230 valence electrons. The van der Waals surface area contributed by atoms with Crippen LogP contribution in [0.5, 0.6) is 0 Å². The van der Waals surface area contributed by atoms with Gasteiger partial charge < -0.3 is 25.4 Å². The second kappa shape index (κ2) is 14.6. The number of hydrogen-bond acceptors (Lipinski definition) is 5. The van der Waals surface area contributed by atoms with Gasteiger partial charge >= 0.3 is 6.09 Å². The molecule has 1 fully saturated rings. The fourth-order valence-corrected chi connectivity index (χ4v) is 6.11. The van der Waals surface area contributed by atoms with E-state index in [0.29, 0.717) is 61.2 Å². The molecule has 0 radical (unpaired) electrons. The zero-order valence-corrected chi connectivity index (χ0v) is 25.7. The van der Waals surface area contributed by atoms with Crippen molar-refractivity contribution < 1.29 is 23.8 Å². The molecule has 3 aromatic rings. The van der Waals surface area contributed by atoms with Crippen LogP contribution in [0.15, 0.2) is 66.7 Å². The van der Waals surface area contributed by atoms with E-state index in [9.17, 15) is 14.7 Å². The van der Waals surface area contributed by atoms with Gasteiger partial charge in [-0.3, -0.25) is 4.79 Å². The highest BCUT2D eigenvalue weighted by Gasteiger charge is 2.43. The Morgan fingerprint density at radius 1 is 1.12 bits per heavy atom. The lowest BCUT2D eigenvalue weighted by Gasteiger charge is -2.43. The van der Waals surface area contributed by atoms with Gasteiger partial charge in [-0.15, -0.1) is 0 Å². The Hall–Kier alpha value is -3.75. The van der Waals surface area contributed by atoms with Gasteiger partial charge in [0.25, 0.3) is 5.91 Å². The number of carbonyl (C=O) groups excluding carboxylic acids is 2. The lowest BCUT2D eigenvalue weighted by atomic mass is 9.72. The van der Waals surface area contributed by atoms with Crippen LogP contribution in [0.3, 0.4) is 0 Å². The minimum Gasteiger partial charge on any atom is -0.453 e. The molecule has 3 aromatic carbocycles. The number of halogens is 1. The topological polar surface area (TPSA) is 90.9 Å².